The Morgan fingerprint density at radius 3 is 2.62 bits per heavy atom. The van der Waals surface area contributed by atoms with Crippen LogP contribution in [0.3, 0.4) is 0 Å². The zero-order valence-electron chi connectivity index (χ0n) is 7.32. The smallest absolute Gasteiger partial charge is 0.0912 e. The van der Waals surface area contributed by atoms with Crippen molar-refractivity contribution in [2.45, 2.75) is 23.0 Å². The number of thioether (sulfide) groups is 2. The maximum atomic E-state index is 10.2. The summed E-state index contributed by atoms with van der Waals surface area (Å²) in [7, 11) is 0. The van der Waals surface area contributed by atoms with E-state index in [0.717, 1.165) is 18.3 Å². The van der Waals surface area contributed by atoms with Gasteiger partial charge in [-0.25, -0.2) is 0 Å². The second kappa shape index (κ2) is 2.15. The number of fused-ring (bicyclic) bond motifs is 1. The topological polar surface area (TPSA) is 20.2 Å². The quantitative estimate of drug-likeness (QED) is 0.619. The molecule has 3 aliphatic carbocycles. The second-order valence-electron chi connectivity index (χ2n) is 4.48. The summed E-state index contributed by atoms with van der Waals surface area (Å²) in [5, 5.41) is 10.2. The van der Waals surface area contributed by atoms with Gasteiger partial charge in [-0.15, -0.1) is 23.5 Å². The molecule has 1 N–H and O–H groups in total. The van der Waals surface area contributed by atoms with Crippen molar-refractivity contribution >= 4 is 23.5 Å². The number of hydrogen-bond acceptors (Lipinski definition) is 3. The van der Waals surface area contributed by atoms with Gasteiger partial charge < -0.3 is 5.11 Å². The Hall–Kier alpha value is 0.400. The van der Waals surface area contributed by atoms with Gasteiger partial charge in [0.05, 0.1) is 10.2 Å². The van der Waals surface area contributed by atoms with Crippen molar-refractivity contribution in [1.82, 2.24) is 0 Å². The van der Waals surface area contributed by atoms with Crippen molar-refractivity contribution in [3.63, 3.8) is 0 Å². The maximum Gasteiger partial charge on any atom is 0.0912 e. The fraction of sp³-hybridized carbons (Fsp3) is 0.800. The van der Waals surface area contributed by atoms with E-state index in [1.165, 1.54) is 17.9 Å². The molecule has 70 valence electrons. The lowest BCUT2D eigenvalue weighted by Gasteiger charge is -2.46. The summed E-state index contributed by atoms with van der Waals surface area (Å²) in [4.78, 5) is 0. The van der Waals surface area contributed by atoms with Crippen LogP contribution < -0.4 is 0 Å². The Kier molecular flexibility index (Phi) is 1.26. The van der Waals surface area contributed by atoms with Gasteiger partial charge in [-0.3, -0.25) is 0 Å². The summed E-state index contributed by atoms with van der Waals surface area (Å²) in [5.41, 5.74) is 3.35. The summed E-state index contributed by atoms with van der Waals surface area (Å²) in [6.07, 6.45) is 2.26. The van der Waals surface area contributed by atoms with Crippen LogP contribution in [-0.2, 0) is 0 Å². The van der Waals surface area contributed by atoms with E-state index in [9.17, 15) is 5.11 Å². The first kappa shape index (κ1) is 7.66. The van der Waals surface area contributed by atoms with E-state index < -0.39 is 0 Å². The third-order valence-electron chi connectivity index (χ3n) is 4.06. The zero-order valence-corrected chi connectivity index (χ0v) is 8.96. The van der Waals surface area contributed by atoms with Crippen LogP contribution in [0, 0.1) is 11.8 Å². The molecule has 1 aliphatic heterocycles. The maximum absolute atomic E-state index is 10.2. The molecule has 3 fully saturated rings. The van der Waals surface area contributed by atoms with E-state index in [1.54, 1.807) is 11.1 Å². The van der Waals surface area contributed by atoms with E-state index in [-0.39, 0.29) is 10.2 Å². The van der Waals surface area contributed by atoms with Crippen molar-refractivity contribution in [3.8, 4) is 0 Å². The van der Waals surface area contributed by atoms with Gasteiger partial charge in [0.15, 0.2) is 0 Å². The van der Waals surface area contributed by atoms with Gasteiger partial charge in [-0.05, 0) is 18.8 Å². The van der Waals surface area contributed by atoms with Crippen LogP contribution in [0.2, 0.25) is 0 Å². The summed E-state index contributed by atoms with van der Waals surface area (Å²) >= 11 is 4.07. The molecule has 0 aromatic heterocycles. The summed E-state index contributed by atoms with van der Waals surface area (Å²) in [6.45, 7) is 0. The Morgan fingerprint density at radius 2 is 1.85 bits per heavy atom. The fourth-order valence-electron chi connectivity index (χ4n) is 3.36. The first-order valence-corrected chi connectivity index (χ1v) is 6.98. The number of hydrogen-bond donors (Lipinski definition) is 1. The largest absolute Gasteiger partial charge is 0.390 e. The molecule has 1 unspecified atom stereocenters. The number of allylic oxidation sites excluding steroid dienone is 1. The third kappa shape index (κ3) is 0.712. The molecule has 1 spiro atoms. The Morgan fingerprint density at radius 1 is 1.15 bits per heavy atom. The first-order chi connectivity index (χ1) is 6.33. The average molecular weight is 212 g/mol. The fourth-order valence-corrected chi connectivity index (χ4v) is 6.92. The summed E-state index contributed by atoms with van der Waals surface area (Å²) in [6, 6.07) is 0. The SMILES string of the molecule is OC1CC2=C3C[C@H]([C@@H]23)C12SCCS2. The van der Waals surface area contributed by atoms with Gasteiger partial charge in [0.25, 0.3) is 0 Å². The average Bonchev–Trinajstić information content (AvgIpc) is 2.47. The molecule has 0 aromatic carbocycles. The predicted octanol–water partition coefficient (Wildman–Crippen LogP) is 1.87. The summed E-state index contributed by atoms with van der Waals surface area (Å²) in [5.74, 6) is 4.17. The van der Waals surface area contributed by atoms with Crippen LogP contribution in [0.4, 0.5) is 0 Å². The molecular weight excluding hydrogens is 200 g/mol. The van der Waals surface area contributed by atoms with E-state index >= 15 is 0 Å². The Balaban J connectivity index is 1.76. The van der Waals surface area contributed by atoms with E-state index in [2.05, 4.69) is 0 Å². The molecule has 0 bridgehead atoms. The van der Waals surface area contributed by atoms with Gasteiger partial charge in [0.1, 0.15) is 0 Å². The molecule has 3 atom stereocenters. The molecule has 4 rings (SSSR count). The summed E-state index contributed by atoms with van der Waals surface area (Å²) < 4.78 is 0.216. The van der Waals surface area contributed by atoms with Crippen molar-refractivity contribution in [2.75, 3.05) is 11.5 Å². The standard InChI is InChI=1S/C10H12OS2/c11-8-4-6-5-3-7(9(5)6)10(8)12-1-2-13-10/h7-9,11H,1-4H2/t7-,8?,9-/m1/s1. The molecule has 4 aliphatic rings. The minimum atomic E-state index is -0.0544. The molecule has 13 heavy (non-hydrogen) atoms. The normalized spacial score (nSPS) is 49.2. The van der Waals surface area contributed by atoms with Crippen LogP contribution in [-0.4, -0.2) is 26.8 Å². The number of aliphatic hydroxyl groups excluding tert-OH is 1. The van der Waals surface area contributed by atoms with Crippen molar-refractivity contribution in [3.05, 3.63) is 11.1 Å². The van der Waals surface area contributed by atoms with Crippen LogP contribution in [0.15, 0.2) is 11.1 Å². The highest BCUT2D eigenvalue weighted by Gasteiger charge is 2.67. The van der Waals surface area contributed by atoms with E-state index in [0.29, 0.717) is 0 Å². The highest BCUT2D eigenvalue weighted by atomic mass is 32.2. The van der Waals surface area contributed by atoms with Gasteiger partial charge in [0.2, 0.25) is 0 Å². The highest BCUT2D eigenvalue weighted by molar-refractivity contribution is 8.21. The minimum absolute atomic E-state index is 0.0544. The van der Waals surface area contributed by atoms with Crippen LogP contribution in [0.5, 0.6) is 0 Å². The molecule has 1 nitrogen and oxygen atoms in total. The molecular formula is C10H12OS2. The van der Waals surface area contributed by atoms with Gasteiger partial charge >= 0.3 is 0 Å². The number of rotatable bonds is 0. The molecule has 0 amide bonds. The highest BCUT2D eigenvalue weighted by Crippen LogP contribution is 2.74. The van der Waals surface area contributed by atoms with E-state index in [1.807, 2.05) is 23.5 Å². The Labute approximate surface area is 86.4 Å². The molecule has 1 heterocycles. The number of aliphatic hydroxyl groups is 1. The second-order valence-corrected chi connectivity index (χ2v) is 7.48. The zero-order chi connectivity index (χ0) is 8.63. The molecule has 0 radical (unpaired) electrons. The lowest BCUT2D eigenvalue weighted by atomic mass is 9.75. The van der Waals surface area contributed by atoms with Crippen LogP contribution in [0.1, 0.15) is 12.8 Å². The van der Waals surface area contributed by atoms with Crippen molar-refractivity contribution in [1.29, 1.82) is 0 Å². The van der Waals surface area contributed by atoms with Crippen LogP contribution in [0.25, 0.3) is 0 Å². The molecule has 1 saturated heterocycles. The lowest BCUT2D eigenvalue weighted by molar-refractivity contribution is 0.107. The van der Waals surface area contributed by atoms with Gasteiger partial charge in [-0.2, -0.15) is 0 Å². The monoisotopic (exact) mass is 212 g/mol. The minimum Gasteiger partial charge on any atom is -0.390 e. The van der Waals surface area contributed by atoms with Gasteiger partial charge in [0, 0.05) is 17.4 Å². The molecule has 0 aromatic rings. The van der Waals surface area contributed by atoms with Gasteiger partial charge in [-0.1, -0.05) is 11.1 Å². The predicted molar refractivity (Wildman–Crippen MR) is 56.9 cm³/mol. The first-order valence-electron chi connectivity index (χ1n) is 5.01. The van der Waals surface area contributed by atoms with E-state index in [4.69, 9.17) is 0 Å². The van der Waals surface area contributed by atoms with Crippen molar-refractivity contribution < 1.29 is 5.11 Å². The van der Waals surface area contributed by atoms with Crippen molar-refractivity contribution in [2.24, 2.45) is 11.8 Å². The van der Waals surface area contributed by atoms with Crippen LogP contribution >= 0.6 is 23.5 Å². The Bertz CT molecular complexity index is 317. The third-order valence-corrected chi connectivity index (χ3v) is 7.89. The molecule has 3 heteroatoms. The lowest BCUT2D eigenvalue weighted by Crippen LogP contribution is -2.48. The molecule has 2 saturated carbocycles.